The van der Waals surface area contributed by atoms with Gasteiger partial charge >= 0.3 is 0 Å². The van der Waals surface area contributed by atoms with Gasteiger partial charge in [-0.3, -0.25) is 0 Å². The second-order valence-corrected chi connectivity index (χ2v) is 5.31. The number of ether oxygens (including phenoxy) is 1. The van der Waals surface area contributed by atoms with Crippen molar-refractivity contribution >= 4 is 0 Å². The van der Waals surface area contributed by atoms with Crippen molar-refractivity contribution in [1.29, 1.82) is 0 Å². The van der Waals surface area contributed by atoms with Crippen LogP contribution in [0.1, 0.15) is 50.3 Å². The zero-order chi connectivity index (χ0) is 14.5. The Morgan fingerprint density at radius 2 is 1.65 bits per heavy atom. The molecule has 1 unspecified atom stereocenters. The zero-order valence-electron chi connectivity index (χ0n) is 12.5. The Balaban J connectivity index is 2.21. The average Bonchev–Trinajstić information content (AvgIpc) is 2.47. The van der Waals surface area contributed by atoms with E-state index in [1.165, 1.54) is 5.56 Å². The average molecular weight is 269 g/mol. The fourth-order valence-electron chi connectivity index (χ4n) is 2.17. The van der Waals surface area contributed by atoms with Gasteiger partial charge in [0.1, 0.15) is 11.5 Å². The highest BCUT2D eigenvalue weighted by molar-refractivity contribution is 5.40. The molecule has 2 aromatic rings. The predicted molar refractivity (Wildman–Crippen MR) is 84.3 cm³/mol. The van der Waals surface area contributed by atoms with Crippen molar-refractivity contribution in [1.82, 2.24) is 0 Å². The first-order valence-electron chi connectivity index (χ1n) is 7.24. The molecule has 0 bridgehead atoms. The Kier molecular flexibility index (Phi) is 4.80. The van der Waals surface area contributed by atoms with Crippen LogP contribution in [0.25, 0.3) is 0 Å². The fraction of sp³-hybridized carbons (Fsp3) is 0.333. The Morgan fingerprint density at radius 3 is 2.25 bits per heavy atom. The minimum Gasteiger partial charge on any atom is -0.457 e. The molecular formula is C18H23NO. The maximum atomic E-state index is 6.03. The van der Waals surface area contributed by atoms with Crippen molar-refractivity contribution < 1.29 is 4.74 Å². The van der Waals surface area contributed by atoms with Crippen LogP contribution in [0.3, 0.4) is 0 Å². The van der Waals surface area contributed by atoms with Gasteiger partial charge in [0.25, 0.3) is 0 Å². The van der Waals surface area contributed by atoms with Gasteiger partial charge in [0, 0.05) is 6.04 Å². The van der Waals surface area contributed by atoms with E-state index in [0.717, 1.165) is 23.5 Å². The fourth-order valence-corrected chi connectivity index (χ4v) is 2.17. The van der Waals surface area contributed by atoms with Crippen LogP contribution in [0.2, 0.25) is 0 Å². The molecule has 0 fully saturated rings. The van der Waals surface area contributed by atoms with Crippen LogP contribution >= 0.6 is 0 Å². The van der Waals surface area contributed by atoms with Gasteiger partial charge in [0.15, 0.2) is 0 Å². The van der Waals surface area contributed by atoms with E-state index in [0.29, 0.717) is 5.92 Å². The summed E-state index contributed by atoms with van der Waals surface area (Å²) < 4.78 is 6.03. The highest BCUT2D eigenvalue weighted by Gasteiger charge is 2.10. The van der Waals surface area contributed by atoms with Gasteiger partial charge in [-0.2, -0.15) is 0 Å². The van der Waals surface area contributed by atoms with Crippen LogP contribution in [0.4, 0.5) is 0 Å². The Morgan fingerprint density at radius 1 is 1.00 bits per heavy atom. The summed E-state index contributed by atoms with van der Waals surface area (Å²) >= 11 is 0. The van der Waals surface area contributed by atoms with Crippen LogP contribution in [0.5, 0.6) is 11.5 Å². The quantitative estimate of drug-likeness (QED) is 0.827. The summed E-state index contributed by atoms with van der Waals surface area (Å²) in [6, 6.07) is 16.3. The first kappa shape index (κ1) is 14.6. The molecule has 0 aliphatic rings. The second-order valence-electron chi connectivity index (χ2n) is 5.31. The summed E-state index contributed by atoms with van der Waals surface area (Å²) in [7, 11) is 0. The van der Waals surface area contributed by atoms with E-state index in [1.54, 1.807) is 0 Å². The number of benzene rings is 2. The van der Waals surface area contributed by atoms with Gasteiger partial charge in [-0.25, -0.2) is 0 Å². The van der Waals surface area contributed by atoms with Crippen molar-refractivity contribution in [3.63, 3.8) is 0 Å². The minimum atomic E-state index is 0.0523. The third kappa shape index (κ3) is 3.40. The molecule has 0 aliphatic heterocycles. The Labute approximate surface area is 121 Å². The zero-order valence-corrected chi connectivity index (χ0v) is 12.5. The first-order chi connectivity index (χ1) is 9.61. The van der Waals surface area contributed by atoms with Gasteiger partial charge in [-0.1, -0.05) is 44.2 Å². The molecule has 0 aliphatic carbocycles. The number of para-hydroxylation sites is 1. The molecule has 2 aromatic carbocycles. The number of nitrogens with two attached hydrogens (primary N) is 1. The molecular weight excluding hydrogens is 246 g/mol. The largest absolute Gasteiger partial charge is 0.457 e. The Hall–Kier alpha value is -1.80. The summed E-state index contributed by atoms with van der Waals surface area (Å²) in [5, 5.41) is 0. The molecule has 2 atom stereocenters. The molecule has 20 heavy (non-hydrogen) atoms. The molecule has 0 saturated heterocycles. The normalized spacial score (nSPS) is 13.8. The number of hydrogen-bond acceptors (Lipinski definition) is 2. The van der Waals surface area contributed by atoms with Crippen LogP contribution in [-0.2, 0) is 0 Å². The summed E-state index contributed by atoms with van der Waals surface area (Å²) in [5.74, 6) is 2.29. The SMILES string of the molecule is CCC(C)c1ccccc1Oc1ccc([C@@H](C)N)cc1. The molecule has 0 radical (unpaired) electrons. The summed E-state index contributed by atoms with van der Waals surface area (Å²) in [6.45, 7) is 6.40. The lowest BCUT2D eigenvalue weighted by Crippen LogP contribution is -2.04. The maximum Gasteiger partial charge on any atom is 0.130 e. The third-order valence-electron chi connectivity index (χ3n) is 3.70. The van der Waals surface area contributed by atoms with E-state index in [4.69, 9.17) is 10.5 Å². The minimum absolute atomic E-state index is 0.0523. The Bertz CT molecular complexity index is 546. The molecule has 2 heteroatoms. The second kappa shape index (κ2) is 6.58. The lowest BCUT2D eigenvalue weighted by molar-refractivity contribution is 0.470. The lowest BCUT2D eigenvalue weighted by atomic mass is 9.98. The molecule has 0 amide bonds. The number of hydrogen-bond donors (Lipinski definition) is 1. The van der Waals surface area contributed by atoms with Gasteiger partial charge in [0.05, 0.1) is 0 Å². The van der Waals surface area contributed by atoms with Crippen LogP contribution < -0.4 is 10.5 Å². The van der Waals surface area contributed by atoms with E-state index < -0.39 is 0 Å². The summed E-state index contributed by atoms with van der Waals surface area (Å²) in [6.07, 6.45) is 1.10. The maximum absolute atomic E-state index is 6.03. The highest BCUT2D eigenvalue weighted by atomic mass is 16.5. The molecule has 2 nitrogen and oxygen atoms in total. The number of rotatable bonds is 5. The summed E-state index contributed by atoms with van der Waals surface area (Å²) in [5.41, 5.74) is 8.23. The van der Waals surface area contributed by atoms with Crippen molar-refractivity contribution in [2.45, 2.75) is 39.2 Å². The van der Waals surface area contributed by atoms with Crippen LogP contribution in [0.15, 0.2) is 48.5 Å². The van der Waals surface area contributed by atoms with E-state index in [9.17, 15) is 0 Å². The van der Waals surface area contributed by atoms with Gasteiger partial charge in [-0.15, -0.1) is 0 Å². The lowest BCUT2D eigenvalue weighted by Gasteiger charge is -2.15. The van der Waals surface area contributed by atoms with Gasteiger partial charge in [-0.05, 0) is 48.6 Å². The molecule has 0 aromatic heterocycles. The topological polar surface area (TPSA) is 35.2 Å². The van der Waals surface area contributed by atoms with E-state index >= 15 is 0 Å². The van der Waals surface area contributed by atoms with E-state index in [-0.39, 0.29) is 6.04 Å². The molecule has 2 N–H and O–H groups in total. The smallest absolute Gasteiger partial charge is 0.130 e. The van der Waals surface area contributed by atoms with Crippen molar-refractivity contribution in [3.8, 4) is 11.5 Å². The summed E-state index contributed by atoms with van der Waals surface area (Å²) in [4.78, 5) is 0. The first-order valence-corrected chi connectivity index (χ1v) is 7.24. The van der Waals surface area contributed by atoms with E-state index in [1.807, 2.05) is 43.3 Å². The van der Waals surface area contributed by atoms with Crippen molar-refractivity contribution in [3.05, 3.63) is 59.7 Å². The van der Waals surface area contributed by atoms with Crippen molar-refractivity contribution in [2.24, 2.45) is 5.73 Å². The molecule has 2 rings (SSSR count). The predicted octanol–water partition coefficient (Wildman–Crippen LogP) is 5.01. The molecule has 106 valence electrons. The third-order valence-corrected chi connectivity index (χ3v) is 3.70. The molecule has 0 spiro atoms. The van der Waals surface area contributed by atoms with Crippen LogP contribution in [0, 0.1) is 0 Å². The van der Waals surface area contributed by atoms with E-state index in [2.05, 4.69) is 26.0 Å². The van der Waals surface area contributed by atoms with Gasteiger partial charge < -0.3 is 10.5 Å². The standard InChI is InChI=1S/C18H23NO/c1-4-13(2)17-7-5-6-8-18(17)20-16-11-9-15(10-12-16)14(3)19/h5-14H,4,19H2,1-3H3/t13?,14-/m1/s1. The van der Waals surface area contributed by atoms with Gasteiger partial charge in [0.2, 0.25) is 0 Å². The van der Waals surface area contributed by atoms with Crippen LogP contribution in [-0.4, -0.2) is 0 Å². The molecule has 0 heterocycles. The monoisotopic (exact) mass is 269 g/mol. The molecule has 0 saturated carbocycles. The highest BCUT2D eigenvalue weighted by Crippen LogP contribution is 2.32. The van der Waals surface area contributed by atoms with Crippen molar-refractivity contribution in [2.75, 3.05) is 0 Å².